The van der Waals surface area contributed by atoms with Crippen molar-refractivity contribution in [1.82, 2.24) is 9.97 Å². The third-order valence-corrected chi connectivity index (χ3v) is 5.33. The van der Waals surface area contributed by atoms with Gasteiger partial charge in [-0.25, -0.2) is 14.2 Å². The van der Waals surface area contributed by atoms with E-state index in [9.17, 15) is 9.18 Å². The number of benzene rings is 1. The van der Waals surface area contributed by atoms with Gasteiger partial charge < -0.3 is 20.9 Å². The van der Waals surface area contributed by atoms with Gasteiger partial charge in [0.15, 0.2) is 5.82 Å². The van der Waals surface area contributed by atoms with Gasteiger partial charge in [0.05, 0.1) is 30.8 Å². The second-order valence-electron chi connectivity index (χ2n) is 7.43. The van der Waals surface area contributed by atoms with Crippen LogP contribution in [0.4, 0.5) is 26.4 Å². The molecule has 0 saturated carbocycles. The molecule has 2 aromatic heterocycles. The molecule has 1 saturated heterocycles. The molecule has 1 aliphatic heterocycles. The number of pyridine rings is 2. The van der Waals surface area contributed by atoms with E-state index in [1.165, 1.54) is 18.6 Å². The highest BCUT2D eigenvalue weighted by molar-refractivity contribution is 5.99. The number of hydrogen-bond acceptors (Lipinski definition) is 7. The minimum atomic E-state index is -0.629. The molecule has 1 aromatic carbocycles. The number of nitrogens with zero attached hydrogens (tertiary/aromatic N) is 2. The lowest BCUT2D eigenvalue weighted by molar-refractivity contribution is 0.0843. The lowest BCUT2D eigenvalue weighted by Gasteiger charge is -2.15. The molecule has 0 radical (unpaired) electrons. The van der Waals surface area contributed by atoms with E-state index in [-0.39, 0.29) is 29.1 Å². The number of halogens is 1. The predicted molar refractivity (Wildman–Crippen MR) is 112 cm³/mol. The summed E-state index contributed by atoms with van der Waals surface area (Å²) in [7, 11) is 0. The van der Waals surface area contributed by atoms with E-state index in [4.69, 9.17) is 20.9 Å². The van der Waals surface area contributed by atoms with Crippen molar-refractivity contribution in [2.24, 2.45) is 5.92 Å². The molecule has 1 amide bonds. The Kier molecular flexibility index (Phi) is 5.13. The van der Waals surface area contributed by atoms with Crippen molar-refractivity contribution in [2.45, 2.75) is 20.0 Å². The molecule has 1 fully saturated rings. The molecule has 9 heteroatoms. The molecule has 4 rings (SSSR count). The zero-order valence-electron chi connectivity index (χ0n) is 16.6. The van der Waals surface area contributed by atoms with Gasteiger partial charge in [0.2, 0.25) is 0 Å². The van der Waals surface area contributed by atoms with E-state index >= 15 is 0 Å². The van der Waals surface area contributed by atoms with Crippen LogP contribution in [0.3, 0.4) is 0 Å². The number of nitrogen functional groups attached to an aromatic ring is 2. The number of fused-ring (bicyclic) bond motifs is 1. The summed E-state index contributed by atoms with van der Waals surface area (Å²) < 4.78 is 25.7. The highest BCUT2D eigenvalue weighted by Gasteiger charge is 2.28. The largest absolute Gasteiger partial charge is 0.443 e. The summed E-state index contributed by atoms with van der Waals surface area (Å²) in [5, 5.41) is 3.64. The average molecular weight is 411 g/mol. The average Bonchev–Trinajstić information content (AvgIpc) is 3.11. The number of nitrogens with two attached hydrogens (primary N) is 2. The maximum atomic E-state index is 15.0. The molecule has 3 aromatic rings. The third kappa shape index (κ3) is 3.59. The smallest absolute Gasteiger partial charge is 0.413 e. The molecule has 2 atom stereocenters. The monoisotopic (exact) mass is 411 g/mol. The summed E-state index contributed by atoms with van der Waals surface area (Å²) in [6.45, 7) is 4.66. The fourth-order valence-electron chi connectivity index (χ4n) is 3.44. The number of nitrogens with one attached hydrogen (secondary N) is 1. The number of carbonyl (C=O) groups is 1. The Morgan fingerprint density at radius 3 is 2.77 bits per heavy atom. The van der Waals surface area contributed by atoms with Crippen LogP contribution in [0.25, 0.3) is 21.9 Å². The summed E-state index contributed by atoms with van der Waals surface area (Å²) >= 11 is 0. The van der Waals surface area contributed by atoms with Gasteiger partial charge in [-0.3, -0.25) is 10.3 Å². The van der Waals surface area contributed by atoms with Crippen LogP contribution in [0.2, 0.25) is 0 Å². The first-order valence-corrected chi connectivity index (χ1v) is 9.48. The van der Waals surface area contributed by atoms with Gasteiger partial charge in [0, 0.05) is 34.8 Å². The molecule has 0 bridgehead atoms. The van der Waals surface area contributed by atoms with Crippen LogP contribution in [0.5, 0.6) is 0 Å². The second-order valence-corrected chi connectivity index (χ2v) is 7.43. The Hall–Kier alpha value is -3.46. The first-order valence-electron chi connectivity index (χ1n) is 9.48. The van der Waals surface area contributed by atoms with Crippen molar-refractivity contribution in [3.05, 3.63) is 42.1 Å². The summed E-state index contributed by atoms with van der Waals surface area (Å²) in [6, 6.07) is 3.25. The fourth-order valence-corrected chi connectivity index (χ4v) is 3.44. The molecule has 0 unspecified atom stereocenters. The second kappa shape index (κ2) is 7.75. The first-order chi connectivity index (χ1) is 14.3. The van der Waals surface area contributed by atoms with Gasteiger partial charge in [-0.2, -0.15) is 0 Å². The SMILES string of the molecule is Cc1c(N)cncc1-c1cc2cc(NC(=O)O[C@H]3COC[C@@H]3C)ncc2c(N)c1F. The topological polar surface area (TPSA) is 125 Å². The minimum Gasteiger partial charge on any atom is -0.443 e. The first kappa shape index (κ1) is 19.8. The number of anilines is 3. The van der Waals surface area contributed by atoms with Crippen LogP contribution < -0.4 is 16.8 Å². The van der Waals surface area contributed by atoms with E-state index in [0.29, 0.717) is 40.8 Å². The molecular weight excluding hydrogens is 389 g/mol. The van der Waals surface area contributed by atoms with Crippen molar-refractivity contribution in [3.8, 4) is 11.1 Å². The zero-order valence-corrected chi connectivity index (χ0v) is 16.6. The normalized spacial score (nSPS) is 18.5. The van der Waals surface area contributed by atoms with E-state index < -0.39 is 11.9 Å². The number of amides is 1. The highest BCUT2D eigenvalue weighted by atomic mass is 19.1. The third-order valence-electron chi connectivity index (χ3n) is 5.33. The Bertz CT molecular complexity index is 1140. The van der Waals surface area contributed by atoms with Crippen LogP contribution in [0, 0.1) is 18.7 Å². The van der Waals surface area contributed by atoms with Crippen molar-refractivity contribution >= 4 is 34.1 Å². The van der Waals surface area contributed by atoms with Crippen molar-refractivity contribution in [1.29, 1.82) is 0 Å². The summed E-state index contributed by atoms with van der Waals surface area (Å²) in [5.74, 6) is -0.186. The van der Waals surface area contributed by atoms with Gasteiger partial charge >= 0.3 is 6.09 Å². The molecular formula is C21H22FN5O3. The highest BCUT2D eigenvalue weighted by Crippen LogP contribution is 2.36. The van der Waals surface area contributed by atoms with Crippen LogP contribution >= 0.6 is 0 Å². The summed E-state index contributed by atoms with van der Waals surface area (Å²) in [5.41, 5.74) is 13.9. The van der Waals surface area contributed by atoms with Crippen LogP contribution in [0.15, 0.2) is 30.7 Å². The van der Waals surface area contributed by atoms with E-state index in [1.807, 2.05) is 6.92 Å². The molecule has 30 heavy (non-hydrogen) atoms. The van der Waals surface area contributed by atoms with Crippen molar-refractivity contribution in [3.63, 3.8) is 0 Å². The molecule has 8 nitrogen and oxygen atoms in total. The lowest BCUT2D eigenvalue weighted by atomic mass is 9.97. The standard InChI is InChI=1S/C21H22FN5O3/c1-10-8-29-9-17(10)30-21(28)27-18-4-12-3-13(14-5-25-7-16(23)11(14)2)19(22)20(24)15(12)6-26-18/h3-7,10,17H,8-9,23-24H2,1-2H3,(H,26,27,28)/t10-,17-/m0/s1. The number of aromatic nitrogens is 2. The van der Waals surface area contributed by atoms with E-state index in [0.717, 1.165) is 0 Å². The molecule has 156 valence electrons. The number of rotatable bonds is 3. The zero-order chi connectivity index (χ0) is 21.4. The molecule has 0 spiro atoms. The number of ether oxygens (including phenoxy) is 2. The van der Waals surface area contributed by atoms with E-state index in [1.54, 1.807) is 19.1 Å². The van der Waals surface area contributed by atoms with E-state index in [2.05, 4.69) is 15.3 Å². The Labute approximate surface area is 172 Å². The number of hydrogen-bond donors (Lipinski definition) is 3. The van der Waals surface area contributed by atoms with Gasteiger partial charge in [-0.15, -0.1) is 0 Å². The summed E-state index contributed by atoms with van der Waals surface area (Å²) in [4.78, 5) is 20.4. The minimum absolute atomic E-state index is 0.0390. The molecule has 3 heterocycles. The van der Waals surface area contributed by atoms with Gasteiger partial charge in [-0.1, -0.05) is 6.92 Å². The van der Waals surface area contributed by atoms with Gasteiger partial charge in [0.25, 0.3) is 0 Å². The molecule has 5 N–H and O–H groups in total. The molecule has 0 aliphatic carbocycles. The lowest BCUT2D eigenvalue weighted by Crippen LogP contribution is -2.27. The van der Waals surface area contributed by atoms with Crippen LogP contribution in [-0.2, 0) is 9.47 Å². The fraction of sp³-hybridized carbons (Fsp3) is 0.286. The Morgan fingerprint density at radius 1 is 1.23 bits per heavy atom. The Balaban J connectivity index is 1.67. The number of carbonyl (C=O) groups excluding carboxylic acids is 1. The van der Waals surface area contributed by atoms with Crippen LogP contribution in [0.1, 0.15) is 12.5 Å². The molecule has 1 aliphatic rings. The van der Waals surface area contributed by atoms with Gasteiger partial charge in [-0.05, 0) is 30.0 Å². The maximum absolute atomic E-state index is 15.0. The quantitative estimate of drug-likeness (QED) is 0.563. The van der Waals surface area contributed by atoms with Crippen LogP contribution in [-0.4, -0.2) is 35.4 Å². The predicted octanol–water partition coefficient (Wildman–Crippen LogP) is 3.49. The van der Waals surface area contributed by atoms with Crippen molar-refractivity contribution in [2.75, 3.05) is 30.0 Å². The van der Waals surface area contributed by atoms with Crippen molar-refractivity contribution < 1.29 is 18.7 Å². The van der Waals surface area contributed by atoms with Gasteiger partial charge in [0.1, 0.15) is 11.9 Å². The Morgan fingerprint density at radius 2 is 2.03 bits per heavy atom. The summed E-state index contributed by atoms with van der Waals surface area (Å²) in [6.07, 6.45) is 3.53. The maximum Gasteiger partial charge on any atom is 0.413 e.